The van der Waals surface area contributed by atoms with Crippen molar-refractivity contribution in [1.82, 2.24) is 18.7 Å². The van der Waals surface area contributed by atoms with Gasteiger partial charge in [0.1, 0.15) is 0 Å². The van der Waals surface area contributed by atoms with E-state index in [-0.39, 0.29) is 11.2 Å². The van der Waals surface area contributed by atoms with Gasteiger partial charge in [0, 0.05) is 27.7 Å². The van der Waals surface area contributed by atoms with Crippen molar-refractivity contribution in [1.29, 1.82) is 0 Å². The zero-order valence-corrected chi connectivity index (χ0v) is 10.3. The molecule has 7 nitrogen and oxygen atoms in total. The molecular weight excluding hydrogens is 222 g/mol. The zero-order chi connectivity index (χ0) is 12.7. The highest BCUT2D eigenvalue weighted by Gasteiger charge is 2.15. The Hall–Kier alpha value is -2.05. The van der Waals surface area contributed by atoms with Crippen LogP contribution in [0.2, 0.25) is 0 Å². The molecule has 2 aromatic heterocycles. The third-order valence-electron chi connectivity index (χ3n) is 2.80. The number of imidazole rings is 1. The Morgan fingerprint density at radius 3 is 2.35 bits per heavy atom. The fourth-order valence-electron chi connectivity index (χ4n) is 1.89. The van der Waals surface area contributed by atoms with Crippen LogP contribution in [-0.4, -0.2) is 25.2 Å². The maximum atomic E-state index is 11.9. The van der Waals surface area contributed by atoms with Crippen LogP contribution < -0.4 is 16.6 Å². The van der Waals surface area contributed by atoms with Crippen molar-refractivity contribution in [3.63, 3.8) is 0 Å². The van der Waals surface area contributed by atoms with Gasteiger partial charge in [0.2, 0.25) is 5.95 Å². The van der Waals surface area contributed by atoms with Gasteiger partial charge in [0.25, 0.3) is 5.56 Å². The lowest BCUT2D eigenvalue weighted by atomic mass is 10.5. The Morgan fingerprint density at radius 1 is 1.12 bits per heavy atom. The largest absolute Gasteiger partial charge is 0.356 e. The van der Waals surface area contributed by atoms with E-state index in [1.54, 1.807) is 18.7 Å². The van der Waals surface area contributed by atoms with Crippen LogP contribution in [0.3, 0.4) is 0 Å². The number of aryl methyl sites for hydroxylation is 2. The summed E-state index contributed by atoms with van der Waals surface area (Å²) < 4.78 is 4.19. The first-order chi connectivity index (χ1) is 7.99. The van der Waals surface area contributed by atoms with Gasteiger partial charge in [-0.15, -0.1) is 0 Å². The number of nitrogens with one attached hydrogen (secondary N) is 1. The average molecular weight is 237 g/mol. The second kappa shape index (κ2) is 3.76. The molecule has 17 heavy (non-hydrogen) atoms. The van der Waals surface area contributed by atoms with Crippen molar-refractivity contribution < 1.29 is 0 Å². The third-order valence-corrected chi connectivity index (χ3v) is 2.80. The van der Waals surface area contributed by atoms with E-state index in [2.05, 4.69) is 10.3 Å². The quantitative estimate of drug-likeness (QED) is 0.757. The minimum absolute atomic E-state index is 0.299. The lowest BCUT2D eigenvalue weighted by molar-refractivity contribution is 0.698. The Bertz CT molecular complexity index is 691. The summed E-state index contributed by atoms with van der Waals surface area (Å²) in [6.07, 6.45) is 0. The Balaban J connectivity index is 2.97. The van der Waals surface area contributed by atoms with Gasteiger partial charge in [-0.2, -0.15) is 0 Å². The molecule has 0 fully saturated rings. The monoisotopic (exact) mass is 237 g/mol. The standard InChI is InChI=1S/C10H15N5O2/c1-5-11-9-12-6-7(13(9)2)14(3)10(17)15(4)8(6)16/h5H2,1-4H3,(H,11,12). The van der Waals surface area contributed by atoms with Crippen LogP contribution in [-0.2, 0) is 21.1 Å². The number of rotatable bonds is 2. The predicted octanol–water partition coefficient (Wildman–Crippen LogP) is -0.597. The molecule has 0 aliphatic heterocycles. The second-order valence-electron chi connectivity index (χ2n) is 3.90. The molecule has 2 heterocycles. The van der Waals surface area contributed by atoms with Crippen LogP contribution >= 0.6 is 0 Å². The molecule has 1 N–H and O–H groups in total. The number of nitrogens with zero attached hydrogens (tertiary/aromatic N) is 4. The molecule has 2 rings (SSSR count). The fraction of sp³-hybridized carbons (Fsp3) is 0.500. The third kappa shape index (κ3) is 1.46. The molecule has 0 atom stereocenters. The van der Waals surface area contributed by atoms with Gasteiger partial charge in [-0.3, -0.25) is 18.5 Å². The van der Waals surface area contributed by atoms with Gasteiger partial charge >= 0.3 is 5.69 Å². The lowest BCUT2D eigenvalue weighted by Gasteiger charge is -2.06. The molecule has 0 radical (unpaired) electrons. The summed E-state index contributed by atoms with van der Waals surface area (Å²) in [5.41, 5.74) is 0.0958. The Labute approximate surface area is 97.3 Å². The van der Waals surface area contributed by atoms with Crippen molar-refractivity contribution in [2.45, 2.75) is 6.92 Å². The molecule has 0 aromatic carbocycles. The van der Waals surface area contributed by atoms with Gasteiger partial charge < -0.3 is 5.32 Å². The Morgan fingerprint density at radius 2 is 1.76 bits per heavy atom. The van der Waals surface area contributed by atoms with E-state index in [0.717, 1.165) is 4.57 Å². The van der Waals surface area contributed by atoms with Crippen LogP contribution in [0.25, 0.3) is 11.2 Å². The van der Waals surface area contributed by atoms with Gasteiger partial charge in [0.05, 0.1) is 0 Å². The van der Waals surface area contributed by atoms with Crippen LogP contribution in [0.4, 0.5) is 5.95 Å². The van der Waals surface area contributed by atoms with Crippen molar-refractivity contribution in [2.75, 3.05) is 11.9 Å². The molecule has 2 aromatic rings. The molecule has 92 valence electrons. The van der Waals surface area contributed by atoms with Crippen molar-refractivity contribution in [3.8, 4) is 0 Å². The van der Waals surface area contributed by atoms with Crippen LogP contribution in [0.1, 0.15) is 6.92 Å². The number of anilines is 1. The average Bonchev–Trinajstić information content (AvgIpc) is 2.62. The van der Waals surface area contributed by atoms with Crippen molar-refractivity contribution >= 4 is 17.1 Å². The van der Waals surface area contributed by atoms with Gasteiger partial charge in [-0.1, -0.05) is 0 Å². The fourth-order valence-corrected chi connectivity index (χ4v) is 1.89. The number of hydrogen-bond donors (Lipinski definition) is 1. The van der Waals surface area contributed by atoms with E-state index in [1.165, 1.54) is 11.6 Å². The number of aromatic nitrogens is 4. The number of hydrogen-bond acceptors (Lipinski definition) is 4. The first-order valence-electron chi connectivity index (χ1n) is 5.35. The number of fused-ring (bicyclic) bond motifs is 1. The maximum absolute atomic E-state index is 11.9. The highest BCUT2D eigenvalue weighted by molar-refractivity contribution is 5.73. The second-order valence-corrected chi connectivity index (χ2v) is 3.90. The molecule has 0 unspecified atom stereocenters. The summed E-state index contributed by atoms with van der Waals surface area (Å²) in [6.45, 7) is 2.64. The summed E-state index contributed by atoms with van der Waals surface area (Å²) in [4.78, 5) is 27.9. The SMILES string of the molecule is CCNc1nc2c(=O)n(C)c(=O)n(C)c2n1C. The Kier molecular flexibility index (Phi) is 2.53. The summed E-state index contributed by atoms with van der Waals surface area (Å²) >= 11 is 0. The van der Waals surface area contributed by atoms with Crippen LogP contribution in [0.15, 0.2) is 9.59 Å². The van der Waals surface area contributed by atoms with Crippen LogP contribution in [0, 0.1) is 0 Å². The van der Waals surface area contributed by atoms with E-state index >= 15 is 0 Å². The van der Waals surface area contributed by atoms with Crippen LogP contribution in [0.5, 0.6) is 0 Å². The highest BCUT2D eigenvalue weighted by Crippen LogP contribution is 2.12. The van der Waals surface area contributed by atoms with E-state index in [9.17, 15) is 9.59 Å². The summed E-state index contributed by atoms with van der Waals surface area (Å²) in [5, 5.41) is 3.05. The molecule has 0 aliphatic carbocycles. The van der Waals surface area contributed by atoms with Crippen molar-refractivity contribution in [3.05, 3.63) is 20.8 Å². The summed E-state index contributed by atoms with van der Waals surface area (Å²) in [5.74, 6) is 0.584. The normalized spacial score (nSPS) is 11.1. The zero-order valence-electron chi connectivity index (χ0n) is 10.3. The van der Waals surface area contributed by atoms with Gasteiger partial charge in [-0.05, 0) is 6.92 Å². The molecule has 0 saturated heterocycles. The molecule has 0 amide bonds. The van der Waals surface area contributed by atoms with E-state index < -0.39 is 0 Å². The highest BCUT2D eigenvalue weighted by atomic mass is 16.2. The minimum Gasteiger partial charge on any atom is -0.356 e. The molecule has 0 aliphatic rings. The molecule has 0 bridgehead atoms. The van der Waals surface area contributed by atoms with E-state index in [1.807, 2.05) is 6.92 Å². The molecule has 7 heteroatoms. The minimum atomic E-state index is -0.372. The molecule has 0 saturated carbocycles. The van der Waals surface area contributed by atoms with Gasteiger partial charge in [-0.25, -0.2) is 9.78 Å². The van der Waals surface area contributed by atoms with Crippen molar-refractivity contribution in [2.24, 2.45) is 21.1 Å². The topological polar surface area (TPSA) is 73.8 Å². The molecular formula is C10H15N5O2. The predicted molar refractivity (Wildman–Crippen MR) is 65.4 cm³/mol. The maximum Gasteiger partial charge on any atom is 0.332 e. The van der Waals surface area contributed by atoms with E-state index in [0.29, 0.717) is 23.7 Å². The summed E-state index contributed by atoms with van der Waals surface area (Å²) in [6, 6.07) is 0. The van der Waals surface area contributed by atoms with E-state index in [4.69, 9.17) is 0 Å². The molecule has 0 spiro atoms. The lowest BCUT2D eigenvalue weighted by Crippen LogP contribution is -2.37. The summed E-state index contributed by atoms with van der Waals surface area (Å²) in [7, 11) is 4.85. The first-order valence-corrected chi connectivity index (χ1v) is 5.35. The smallest absolute Gasteiger partial charge is 0.332 e. The van der Waals surface area contributed by atoms with Gasteiger partial charge in [0.15, 0.2) is 11.2 Å². The first kappa shape index (κ1) is 11.4.